The SMILES string of the molecule is Cc1cccc(C)c1[C@H]1NC(=O)CC[C@]12C(=O)Nc1cc(Cl)ccc12. The molecule has 1 spiro atoms. The molecule has 1 saturated heterocycles. The molecule has 128 valence electrons. The highest BCUT2D eigenvalue weighted by atomic mass is 35.5. The highest BCUT2D eigenvalue weighted by Gasteiger charge is 2.55. The second kappa shape index (κ2) is 5.60. The maximum absolute atomic E-state index is 13.1. The van der Waals surface area contributed by atoms with E-state index in [0.29, 0.717) is 17.9 Å². The number of anilines is 1. The first-order valence-electron chi connectivity index (χ1n) is 8.40. The van der Waals surface area contributed by atoms with Crippen LogP contribution in [0.2, 0.25) is 5.02 Å². The molecule has 25 heavy (non-hydrogen) atoms. The largest absolute Gasteiger partial charge is 0.348 e. The summed E-state index contributed by atoms with van der Waals surface area (Å²) in [5, 5.41) is 6.66. The van der Waals surface area contributed by atoms with Crippen molar-refractivity contribution in [2.45, 2.75) is 38.1 Å². The minimum absolute atomic E-state index is 0.0199. The maximum atomic E-state index is 13.1. The molecule has 2 atom stereocenters. The van der Waals surface area contributed by atoms with Gasteiger partial charge in [0, 0.05) is 17.1 Å². The molecule has 0 unspecified atom stereocenters. The summed E-state index contributed by atoms with van der Waals surface area (Å²) in [6.07, 6.45) is 0.814. The van der Waals surface area contributed by atoms with Gasteiger partial charge in [-0.05, 0) is 54.7 Å². The van der Waals surface area contributed by atoms with E-state index in [-0.39, 0.29) is 11.8 Å². The normalized spacial score (nSPS) is 24.8. The Bertz CT molecular complexity index is 888. The number of aryl methyl sites for hydroxylation is 2. The van der Waals surface area contributed by atoms with Crippen molar-refractivity contribution in [3.63, 3.8) is 0 Å². The topological polar surface area (TPSA) is 58.2 Å². The van der Waals surface area contributed by atoms with Crippen LogP contribution in [-0.4, -0.2) is 11.8 Å². The quantitative estimate of drug-likeness (QED) is 0.818. The van der Waals surface area contributed by atoms with E-state index >= 15 is 0 Å². The fourth-order valence-electron chi connectivity index (χ4n) is 4.31. The van der Waals surface area contributed by atoms with Crippen LogP contribution in [0.25, 0.3) is 0 Å². The van der Waals surface area contributed by atoms with Crippen LogP contribution in [0.1, 0.15) is 41.1 Å². The van der Waals surface area contributed by atoms with Crippen LogP contribution in [0.4, 0.5) is 5.69 Å². The van der Waals surface area contributed by atoms with Crippen LogP contribution >= 0.6 is 11.6 Å². The molecular weight excluding hydrogens is 336 g/mol. The van der Waals surface area contributed by atoms with Gasteiger partial charge < -0.3 is 10.6 Å². The zero-order chi connectivity index (χ0) is 17.8. The molecule has 0 radical (unpaired) electrons. The Morgan fingerprint density at radius 3 is 2.56 bits per heavy atom. The number of benzene rings is 2. The second-order valence-corrected chi connectivity index (χ2v) is 7.36. The molecule has 2 N–H and O–H groups in total. The van der Waals surface area contributed by atoms with Gasteiger partial charge in [0.25, 0.3) is 0 Å². The molecule has 2 aliphatic rings. The van der Waals surface area contributed by atoms with Gasteiger partial charge in [-0.2, -0.15) is 0 Å². The average molecular weight is 355 g/mol. The van der Waals surface area contributed by atoms with Gasteiger partial charge in [-0.1, -0.05) is 35.9 Å². The standard InChI is InChI=1S/C20H19ClN2O2/c1-11-4-3-5-12(2)17(11)18-20(9-8-16(24)23-18)14-7-6-13(21)10-15(14)22-19(20)25/h3-7,10,18H,8-9H2,1-2H3,(H,22,25)(H,23,24)/t18-,20-/m1/s1. The monoisotopic (exact) mass is 354 g/mol. The van der Waals surface area contributed by atoms with Crippen molar-refractivity contribution in [1.29, 1.82) is 0 Å². The first-order valence-corrected chi connectivity index (χ1v) is 8.78. The first kappa shape index (κ1) is 16.2. The van der Waals surface area contributed by atoms with E-state index in [9.17, 15) is 9.59 Å². The first-order chi connectivity index (χ1) is 11.9. The van der Waals surface area contributed by atoms with Crippen LogP contribution in [-0.2, 0) is 15.0 Å². The number of halogens is 1. The summed E-state index contributed by atoms with van der Waals surface area (Å²) in [5.41, 5.74) is 4.02. The van der Waals surface area contributed by atoms with Crippen molar-refractivity contribution in [1.82, 2.24) is 5.32 Å². The number of carbonyl (C=O) groups is 2. The van der Waals surface area contributed by atoms with E-state index in [1.807, 2.05) is 38.1 Å². The fraction of sp³-hybridized carbons (Fsp3) is 0.300. The van der Waals surface area contributed by atoms with Gasteiger partial charge in [0.15, 0.2) is 0 Å². The molecule has 0 saturated carbocycles. The molecule has 2 aromatic carbocycles. The van der Waals surface area contributed by atoms with Gasteiger partial charge in [-0.25, -0.2) is 0 Å². The number of rotatable bonds is 1. The second-order valence-electron chi connectivity index (χ2n) is 6.92. The molecule has 0 aliphatic carbocycles. The zero-order valence-corrected chi connectivity index (χ0v) is 14.9. The number of fused-ring (bicyclic) bond motifs is 2. The molecule has 0 bridgehead atoms. The van der Waals surface area contributed by atoms with Crippen molar-refractivity contribution in [2.24, 2.45) is 0 Å². The third kappa shape index (κ3) is 2.28. The Kier molecular flexibility index (Phi) is 3.62. The molecule has 2 aliphatic heterocycles. The Labute approximate surface area is 151 Å². The summed E-state index contributed by atoms with van der Waals surface area (Å²) in [6.45, 7) is 4.04. The van der Waals surface area contributed by atoms with Crippen LogP contribution in [0.5, 0.6) is 0 Å². The molecule has 2 amide bonds. The van der Waals surface area contributed by atoms with Gasteiger partial charge in [-0.3, -0.25) is 9.59 Å². The van der Waals surface area contributed by atoms with Crippen LogP contribution in [0.15, 0.2) is 36.4 Å². The van der Waals surface area contributed by atoms with E-state index < -0.39 is 11.5 Å². The van der Waals surface area contributed by atoms with Crippen molar-refractivity contribution in [3.05, 3.63) is 63.7 Å². The van der Waals surface area contributed by atoms with Gasteiger partial charge in [0.2, 0.25) is 11.8 Å². The van der Waals surface area contributed by atoms with Crippen LogP contribution in [0.3, 0.4) is 0 Å². The van der Waals surface area contributed by atoms with E-state index in [1.165, 1.54) is 0 Å². The summed E-state index contributed by atoms with van der Waals surface area (Å²) >= 11 is 6.10. The summed E-state index contributed by atoms with van der Waals surface area (Å²) < 4.78 is 0. The molecule has 4 rings (SSSR count). The van der Waals surface area contributed by atoms with Crippen LogP contribution in [0, 0.1) is 13.8 Å². The van der Waals surface area contributed by atoms with Gasteiger partial charge in [0.05, 0.1) is 6.04 Å². The molecule has 5 heteroatoms. The number of hydrogen-bond donors (Lipinski definition) is 2. The average Bonchev–Trinajstić information content (AvgIpc) is 2.82. The highest BCUT2D eigenvalue weighted by Crippen LogP contribution is 2.52. The molecule has 1 fully saturated rings. The Balaban J connectivity index is 1.96. The maximum Gasteiger partial charge on any atom is 0.237 e. The number of amides is 2. The minimum Gasteiger partial charge on any atom is -0.348 e. The molecule has 0 aromatic heterocycles. The summed E-state index contributed by atoms with van der Waals surface area (Å²) in [5.74, 6) is -0.0917. The lowest BCUT2D eigenvalue weighted by molar-refractivity contribution is -0.130. The third-order valence-electron chi connectivity index (χ3n) is 5.49. The lowest BCUT2D eigenvalue weighted by atomic mass is 9.66. The Morgan fingerprint density at radius 2 is 1.84 bits per heavy atom. The van der Waals surface area contributed by atoms with Crippen LogP contribution < -0.4 is 10.6 Å². The van der Waals surface area contributed by atoms with Gasteiger partial charge >= 0.3 is 0 Å². The molecular formula is C20H19ClN2O2. The van der Waals surface area contributed by atoms with Crippen molar-refractivity contribution < 1.29 is 9.59 Å². The van der Waals surface area contributed by atoms with Crippen molar-refractivity contribution in [2.75, 3.05) is 5.32 Å². The number of nitrogens with one attached hydrogen (secondary N) is 2. The van der Waals surface area contributed by atoms with Crippen molar-refractivity contribution >= 4 is 29.1 Å². The number of hydrogen-bond acceptors (Lipinski definition) is 2. The number of carbonyl (C=O) groups excluding carboxylic acids is 2. The smallest absolute Gasteiger partial charge is 0.237 e. The lowest BCUT2D eigenvalue weighted by Crippen LogP contribution is -2.53. The summed E-state index contributed by atoms with van der Waals surface area (Å²) in [7, 11) is 0. The molecule has 4 nitrogen and oxygen atoms in total. The third-order valence-corrected chi connectivity index (χ3v) is 5.73. The van der Waals surface area contributed by atoms with Crippen molar-refractivity contribution in [3.8, 4) is 0 Å². The van der Waals surface area contributed by atoms with Gasteiger partial charge in [0.1, 0.15) is 5.41 Å². The Morgan fingerprint density at radius 1 is 1.12 bits per heavy atom. The Hall–Kier alpha value is -2.33. The summed E-state index contributed by atoms with van der Waals surface area (Å²) in [4.78, 5) is 25.3. The predicted molar refractivity (Wildman–Crippen MR) is 97.8 cm³/mol. The van der Waals surface area contributed by atoms with E-state index in [0.717, 1.165) is 27.9 Å². The van der Waals surface area contributed by atoms with E-state index in [4.69, 9.17) is 11.6 Å². The minimum atomic E-state index is -0.801. The van der Waals surface area contributed by atoms with E-state index in [2.05, 4.69) is 10.6 Å². The molecule has 2 heterocycles. The summed E-state index contributed by atoms with van der Waals surface area (Å²) in [6, 6.07) is 11.1. The predicted octanol–water partition coefficient (Wildman–Crippen LogP) is 3.80. The van der Waals surface area contributed by atoms with E-state index in [1.54, 1.807) is 12.1 Å². The fourth-order valence-corrected chi connectivity index (χ4v) is 4.48. The zero-order valence-electron chi connectivity index (χ0n) is 14.2. The number of piperidine rings is 1. The highest BCUT2D eigenvalue weighted by molar-refractivity contribution is 6.31. The lowest BCUT2D eigenvalue weighted by Gasteiger charge is -2.41. The van der Waals surface area contributed by atoms with Gasteiger partial charge in [-0.15, -0.1) is 0 Å². The molecule has 2 aromatic rings.